The number of nitrogens with one attached hydrogen (secondary N) is 2. The summed E-state index contributed by atoms with van der Waals surface area (Å²) in [5.74, 6) is -1.60. The zero-order valence-corrected chi connectivity index (χ0v) is 17.5. The first-order valence-corrected chi connectivity index (χ1v) is 10.3. The van der Waals surface area contributed by atoms with E-state index in [9.17, 15) is 29.3 Å². The van der Waals surface area contributed by atoms with Gasteiger partial charge in [0.2, 0.25) is 5.91 Å². The van der Waals surface area contributed by atoms with E-state index in [2.05, 4.69) is 10.6 Å². The second kappa shape index (κ2) is 10.4. The van der Waals surface area contributed by atoms with Gasteiger partial charge in [-0.05, 0) is 29.5 Å². The van der Waals surface area contributed by atoms with Crippen LogP contribution in [0.15, 0.2) is 59.5 Å². The topological polar surface area (TPSA) is 139 Å². The van der Waals surface area contributed by atoms with Gasteiger partial charge in [0.15, 0.2) is 0 Å². The number of amides is 4. The third-order valence-electron chi connectivity index (χ3n) is 4.36. The van der Waals surface area contributed by atoms with Gasteiger partial charge in [-0.2, -0.15) is 0 Å². The van der Waals surface area contributed by atoms with Crippen LogP contribution in [0.5, 0.6) is 0 Å². The molecule has 0 aliphatic carbocycles. The Morgan fingerprint density at radius 2 is 1.81 bits per heavy atom. The van der Waals surface area contributed by atoms with Gasteiger partial charge in [0.25, 0.3) is 22.7 Å². The number of nitrogens with zero attached hydrogens (tertiary/aromatic N) is 2. The monoisotopic (exact) mass is 454 g/mol. The summed E-state index contributed by atoms with van der Waals surface area (Å²) in [6.07, 6.45) is 1.63. The summed E-state index contributed by atoms with van der Waals surface area (Å²) in [5.41, 5.74) is 0.612. The van der Waals surface area contributed by atoms with Crippen molar-refractivity contribution in [1.29, 1.82) is 0 Å². The van der Waals surface area contributed by atoms with E-state index in [1.807, 2.05) is 30.3 Å². The molecule has 0 radical (unpaired) electrons. The van der Waals surface area contributed by atoms with Crippen LogP contribution in [0.4, 0.5) is 10.5 Å². The van der Waals surface area contributed by atoms with E-state index in [1.165, 1.54) is 18.2 Å². The van der Waals surface area contributed by atoms with Gasteiger partial charge in [-0.25, -0.2) is 0 Å². The van der Waals surface area contributed by atoms with Crippen molar-refractivity contribution in [2.75, 3.05) is 19.6 Å². The molecule has 1 saturated heterocycles. The second-order valence-electron chi connectivity index (χ2n) is 6.58. The Bertz CT molecular complexity index is 1100. The SMILES string of the molecule is O=C(CNC(=O)c1cccc([N+](=O)[O-])c1)NCCN1C(=O)S/C(=C\c2ccccc2)C1=O. The third-order valence-corrected chi connectivity index (χ3v) is 5.26. The van der Waals surface area contributed by atoms with E-state index in [0.717, 1.165) is 28.3 Å². The minimum absolute atomic E-state index is 0.0125. The molecule has 0 spiro atoms. The first-order chi connectivity index (χ1) is 15.3. The fourth-order valence-corrected chi connectivity index (χ4v) is 3.65. The summed E-state index contributed by atoms with van der Waals surface area (Å²) in [6.45, 7) is -0.360. The number of carbonyl (C=O) groups is 4. The number of hydrogen-bond acceptors (Lipinski definition) is 7. The van der Waals surface area contributed by atoms with E-state index in [-0.39, 0.29) is 30.9 Å². The highest BCUT2D eigenvalue weighted by atomic mass is 32.2. The molecule has 32 heavy (non-hydrogen) atoms. The molecule has 10 nitrogen and oxygen atoms in total. The molecule has 1 fully saturated rings. The Labute approximate surface area is 186 Å². The standard InChI is InChI=1S/C21H18N4O6S/c26-18(13-23-19(27)15-7-4-8-16(12-15)25(30)31)22-9-10-24-20(28)17(32-21(24)29)11-14-5-2-1-3-6-14/h1-8,11-12H,9-10,13H2,(H,22,26)(H,23,27)/b17-11-. The average molecular weight is 454 g/mol. The molecule has 4 amide bonds. The molecule has 1 aliphatic heterocycles. The highest BCUT2D eigenvalue weighted by molar-refractivity contribution is 8.18. The van der Waals surface area contributed by atoms with E-state index in [4.69, 9.17) is 0 Å². The van der Waals surface area contributed by atoms with E-state index >= 15 is 0 Å². The van der Waals surface area contributed by atoms with E-state index < -0.39 is 27.9 Å². The van der Waals surface area contributed by atoms with Gasteiger partial charge in [0.1, 0.15) is 0 Å². The summed E-state index contributed by atoms with van der Waals surface area (Å²) >= 11 is 0.831. The fourth-order valence-electron chi connectivity index (χ4n) is 2.79. The van der Waals surface area contributed by atoms with Crippen LogP contribution < -0.4 is 10.6 Å². The summed E-state index contributed by atoms with van der Waals surface area (Å²) in [5, 5.41) is 15.2. The normalized spacial score (nSPS) is 14.5. The molecule has 164 valence electrons. The lowest BCUT2D eigenvalue weighted by molar-refractivity contribution is -0.384. The number of carbonyl (C=O) groups excluding carboxylic acids is 4. The van der Waals surface area contributed by atoms with E-state index in [1.54, 1.807) is 6.08 Å². The maximum absolute atomic E-state index is 12.4. The van der Waals surface area contributed by atoms with Crippen molar-refractivity contribution in [2.24, 2.45) is 0 Å². The van der Waals surface area contributed by atoms with Crippen LogP contribution in [0.3, 0.4) is 0 Å². The summed E-state index contributed by atoms with van der Waals surface area (Å²) < 4.78 is 0. The Balaban J connectivity index is 1.45. The van der Waals surface area contributed by atoms with Crippen molar-refractivity contribution in [3.63, 3.8) is 0 Å². The lowest BCUT2D eigenvalue weighted by Gasteiger charge is -2.13. The highest BCUT2D eigenvalue weighted by Gasteiger charge is 2.34. The summed E-state index contributed by atoms with van der Waals surface area (Å²) in [7, 11) is 0. The van der Waals surface area contributed by atoms with Gasteiger partial charge in [-0.1, -0.05) is 36.4 Å². The highest BCUT2D eigenvalue weighted by Crippen LogP contribution is 2.31. The molecular weight excluding hydrogens is 436 g/mol. The van der Waals surface area contributed by atoms with Gasteiger partial charge in [-0.15, -0.1) is 0 Å². The van der Waals surface area contributed by atoms with Crippen LogP contribution in [0.25, 0.3) is 6.08 Å². The molecule has 0 aromatic heterocycles. The Hall–Kier alpha value is -3.99. The minimum atomic E-state index is -0.638. The lowest BCUT2D eigenvalue weighted by Crippen LogP contribution is -2.41. The zero-order valence-electron chi connectivity index (χ0n) is 16.6. The second-order valence-corrected chi connectivity index (χ2v) is 7.58. The zero-order chi connectivity index (χ0) is 23.1. The number of rotatable bonds is 8. The molecule has 0 atom stereocenters. The predicted molar refractivity (Wildman–Crippen MR) is 118 cm³/mol. The van der Waals surface area contributed by atoms with Gasteiger partial charge < -0.3 is 10.6 Å². The molecule has 2 aromatic rings. The van der Waals surface area contributed by atoms with Crippen molar-refractivity contribution < 1.29 is 24.1 Å². The summed E-state index contributed by atoms with van der Waals surface area (Å²) in [4.78, 5) is 60.1. The van der Waals surface area contributed by atoms with Crippen molar-refractivity contribution in [3.8, 4) is 0 Å². The largest absolute Gasteiger partial charge is 0.353 e. The maximum atomic E-state index is 12.4. The maximum Gasteiger partial charge on any atom is 0.293 e. The Kier molecular flexibility index (Phi) is 7.34. The van der Waals surface area contributed by atoms with Crippen molar-refractivity contribution >= 4 is 46.5 Å². The smallest absolute Gasteiger partial charge is 0.293 e. The molecule has 0 saturated carbocycles. The van der Waals surface area contributed by atoms with Crippen LogP contribution in [-0.4, -0.2) is 52.4 Å². The number of thioether (sulfide) groups is 1. The van der Waals surface area contributed by atoms with Crippen LogP contribution >= 0.6 is 11.8 Å². The molecule has 3 rings (SSSR count). The van der Waals surface area contributed by atoms with Gasteiger partial charge in [0.05, 0.1) is 16.4 Å². The average Bonchev–Trinajstić information content (AvgIpc) is 3.05. The molecule has 0 unspecified atom stereocenters. The van der Waals surface area contributed by atoms with Gasteiger partial charge >= 0.3 is 0 Å². The molecule has 0 bridgehead atoms. The number of hydrogen-bond donors (Lipinski definition) is 2. The van der Waals surface area contributed by atoms with Crippen LogP contribution in [0.1, 0.15) is 15.9 Å². The molecular formula is C21H18N4O6S. The van der Waals surface area contributed by atoms with Crippen molar-refractivity contribution in [3.05, 3.63) is 80.7 Å². The van der Waals surface area contributed by atoms with Crippen LogP contribution in [0.2, 0.25) is 0 Å². The molecule has 1 aliphatic rings. The number of nitro benzene ring substituents is 1. The first kappa shape index (κ1) is 22.7. The Morgan fingerprint density at radius 1 is 1.06 bits per heavy atom. The number of nitro groups is 1. The fraction of sp³-hybridized carbons (Fsp3) is 0.143. The molecule has 2 aromatic carbocycles. The number of benzene rings is 2. The third kappa shape index (κ3) is 5.79. The number of imide groups is 1. The Morgan fingerprint density at radius 3 is 2.53 bits per heavy atom. The van der Waals surface area contributed by atoms with E-state index in [0.29, 0.717) is 4.91 Å². The summed E-state index contributed by atoms with van der Waals surface area (Å²) in [6, 6.07) is 14.2. The molecule has 11 heteroatoms. The minimum Gasteiger partial charge on any atom is -0.353 e. The molecule has 2 N–H and O–H groups in total. The van der Waals surface area contributed by atoms with Crippen LogP contribution in [-0.2, 0) is 9.59 Å². The quantitative estimate of drug-likeness (QED) is 0.354. The lowest BCUT2D eigenvalue weighted by atomic mass is 10.2. The number of non-ortho nitro benzene ring substituents is 1. The van der Waals surface area contributed by atoms with Crippen molar-refractivity contribution in [2.45, 2.75) is 0 Å². The van der Waals surface area contributed by atoms with Gasteiger partial charge in [-0.3, -0.25) is 34.2 Å². The molecule has 1 heterocycles. The first-order valence-electron chi connectivity index (χ1n) is 9.45. The predicted octanol–water partition coefficient (Wildman–Crippen LogP) is 2.18. The van der Waals surface area contributed by atoms with Crippen molar-refractivity contribution in [1.82, 2.24) is 15.5 Å². The van der Waals surface area contributed by atoms with Gasteiger partial charge in [0, 0.05) is 30.8 Å². The van der Waals surface area contributed by atoms with Crippen LogP contribution in [0, 0.1) is 10.1 Å².